The number of amides is 2. The van der Waals surface area contributed by atoms with Crippen molar-refractivity contribution < 1.29 is 19.1 Å². The summed E-state index contributed by atoms with van der Waals surface area (Å²) in [6.45, 7) is 8.05. The molecule has 148 valence electrons. The van der Waals surface area contributed by atoms with Crippen LogP contribution in [0.3, 0.4) is 0 Å². The predicted molar refractivity (Wildman–Crippen MR) is 104 cm³/mol. The molecule has 2 aliphatic rings. The zero-order chi connectivity index (χ0) is 19.6. The molecule has 6 nitrogen and oxygen atoms in total. The van der Waals surface area contributed by atoms with Crippen LogP contribution in [0, 0.1) is 0 Å². The standard InChI is InChI=1S/C21H30N2O4/c1-21(2,3)27-20(25)22-9-7-15-13-17-5-6-19(24)23(11-12-26-4)18(17)14-16(15)8-10-22/h13-14H,5-12H2,1-4H3. The van der Waals surface area contributed by atoms with E-state index in [-0.39, 0.29) is 12.0 Å². The Hall–Kier alpha value is -2.08. The van der Waals surface area contributed by atoms with Crippen LogP contribution in [0.25, 0.3) is 0 Å². The van der Waals surface area contributed by atoms with Crippen molar-refractivity contribution in [3.8, 4) is 0 Å². The van der Waals surface area contributed by atoms with Gasteiger partial charge in [0, 0.05) is 38.9 Å². The smallest absolute Gasteiger partial charge is 0.410 e. The maximum Gasteiger partial charge on any atom is 0.410 e. The van der Waals surface area contributed by atoms with E-state index >= 15 is 0 Å². The van der Waals surface area contributed by atoms with E-state index in [1.807, 2.05) is 25.7 Å². The fourth-order valence-corrected chi connectivity index (χ4v) is 3.71. The van der Waals surface area contributed by atoms with Gasteiger partial charge in [0.1, 0.15) is 5.60 Å². The van der Waals surface area contributed by atoms with Gasteiger partial charge in [0.15, 0.2) is 0 Å². The highest BCUT2D eigenvalue weighted by Gasteiger charge is 2.28. The Morgan fingerprint density at radius 3 is 2.33 bits per heavy atom. The maximum absolute atomic E-state index is 12.4. The summed E-state index contributed by atoms with van der Waals surface area (Å²) >= 11 is 0. The number of anilines is 1. The first-order chi connectivity index (χ1) is 12.8. The SMILES string of the molecule is COCCN1C(=O)CCc2cc3c(cc21)CCN(C(=O)OC(C)(C)C)CC3. The molecule has 2 heterocycles. The molecular formula is C21H30N2O4. The van der Waals surface area contributed by atoms with Crippen LogP contribution in [-0.4, -0.2) is 55.9 Å². The second kappa shape index (κ2) is 7.89. The monoisotopic (exact) mass is 374 g/mol. The minimum absolute atomic E-state index is 0.156. The van der Waals surface area contributed by atoms with Crippen LogP contribution in [0.15, 0.2) is 12.1 Å². The van der Waals surface area contributed by atoms with Gasteiger partial charge >= 0.3 is 6.09 Å². The summed E-state index contributed by atoms with van der Waals surface area (Å²) in [6.07, 6.45) is 2.65. The minimum atomic E-state index is -0.489. The van der Waals surface area contributed by atoms with Gasteiger partial charge in [-0.1, -0.05) is 6.07 Å². The molecule has 0 unspecified atom stereocenters. The summed E-state index contributed by atoms with van der Waals surface area (Å²) in [7, 11) is 1.65. The summed E-state index contributed by atoms with van der Waals surface area (Å²) in [5.74, 6) is 0.156. The first-order valence-corrected chi connectivity index (χ1v) is 9.70. The minimum Gasteiger partial charge on any atom is -0.444 e. The van der Waals surface area contributed by atoms with Crippen molar-refractivity contribution in [2.75, 3.05) is 38.3 Å². The van der Waals surface area contributed by atoms with Gasteiger partial charge in [-0.15, -0.1) is 0 Å². The molecule has 0 atom stereocenters. The van der Waals surface area contributed by atoms with Crippen molar-refractivity contribution in [2.24, 2.45) is 0 Å². The molecule has 1 aromatic carbocycles. The number of carbonyl (C=O) groups excluding carboxylic acids is 2. The van der Waals surface area contributed by atoms with E-state index in [2.05, 4.69) is 12.1 Å². The lowest BCUT2D eigenvalue weighted by atomic mass is 9.93. The molecule has 0 saturated carbocycles. The molecule has 3 rings (SSSR count). The summed E-state index contributed by atoms with van der Waals surface area (Å²) in [5.41, 5.74) is 4.23. The Morgan fingerprint density at radius 2 is 1.70 bits per heavy atom. The van der Waals surface area contributed by atoms with Crippen LogP contribution in [0.5, 0.6) is 0 Å². The topological polar surface area (TPSA) is 59.1 Å². The van der Waals surface area contributed by atoms with Crippen LogP contribution in [0.4, 0.5) is 10.5 Å². The summed E-state index contributed by atoms with van der Waals surface area (Å²) in [4.78, 5) is 28.4. The van der Waals surface area contributed by atoms with Crippen molar-refractivity contribution in [3.05, 3.63) is 28.8 Å². The lowest BCUT2D eigenvalue weighted by Crippen LogP contribution is -2.38. The van der Waals surface area contributed by atoms with E-state index in [0.29, 0.717) is 32.7 Å². The van der Waals surface area contributed by atoms with Gasteiger partial charge in [-0.05, 0) is 62.8 Å². The Morgan fingerprint density at radius 1 is 1.04 bits per heavy atom. The van der Waals surface area contributed by atoms with Crippen LogP contribution in [0.2, 0.25) is 0 Å². The first-order valence-electron chi connectivity index (χ1n) is 9.70. The Kier molecular flexibility index (Phi) is 5.75. The normalized spacial score (nSPS) is 17.3. The second-order valence-electron chi connectivity index (χ2n) is 8.26. The number of nitrogens with zero attached hydrogens (tertiary/aromatic N) is 2. The van der Waals surface area contributed by atoms with E-state index in [4.69, 9.17) is 9.47 Å². The molecule has 0 aliphatic carbocycles. The first kappa shape index (κ1) is 19.7. The Labute approximate surface area is 161 Å². The number of benzene rings is 1. The van der Waals surface area contributed by atoms with E-state index in [9.17, 15) is 9.59 Å². The van der Waals surface area contributed by atoms with Crippen LogP contribution in [-0.2, 0) is 33.5 Å². The molecule has 0 saturated heterocycles. The number of methoxy groups -OCH3 is 1. The van der Waals surface area contributed by atoms with Crippen molar-refractivity contribution in [3.63, 3.8) is 0 Å². The van der Waals surface area contributed by atoms with E-state index in [1.54, 1.807) is 12.0 Å². The fraction of sp³-hybridized carbons (Fsp3) is 0.619. The number of hydrogen-bond donors (Lipinski definition) is 0. The highest BCUT2D eigenvalue weighted by atomic mass is 16.6. The third-order valence-electron chi connectivity index (χ3n) is 5.07. The molecule has 27 heavy (non-hydrogen) atoms. The van der Waals surface area contributed by atoms with Gasteiger partial charge in [0.05, 0.1) is 6.61 Å². The Balaban J connectivity index is 1.79. The summed E-state index contributed by atoms with van der Waals surface area (Å²) in [6, 6.07) is 4.38. The lowest BCUT2D eigenvalue weighted by molar-refractivity contribution is -0.119. The zero-order valence-electron chi connectivity index (χ0n) is 16.8. The molecule has 1 aromatic rings. The van der Waals surface area contributed by atoms with E-state index < -0.39 is 5.60 Å². The summed E-state index contributed by atoms with van der Waals surface area (Å²) < 4.78 is 10.7. The number of hydrogen-bond acceptors (Lipinski definition) is 4. The number of rotatable bonds is 3. The van der Waals surface area contributed by atoms with Crippen LogP contribution < -0.4 is 4.90 Å². The maximum atomic E-state index is 12.4. The number of carbonyl (C=O) groups is 2. The molecule has 0 radical (unpaired) electrons. The molecule has 0 spiro atoms. The van der Waals surface area contributed by atoms with Crippen molar-refractivity contribution in [1.29, 1.82) is 0 Å². The number of ether oxygens (including phenoxy) is 2. The van der Waals surface area contributed by atoms with Gasteiger partial charge in [-0.2, -0.15) is 0 Å². The third-order valence-corrected chi connectivity index (χ3v) is 5.07. The molecule has 0 bridgehead atoms. The van der Waals surface area contributed by atoms with Gasteiger partial charge < -0.3 is 19.3 Å². The highest BCUT2D eigenvalue weighted by molar-refractivity contribution is 5.96. The molecule has 0 aromatic heterocycles. The highest BCUT2D eigenvalue weighted by Crippen LogP contribution is 2.32. The molecule has 2 amide bonds. The average molecular weight is 374 g/mol. The van der Waals surface area contributed by atoms with E-state index in [0.717, 1.165) is 24.9 Å². The molecule has 0 N–H and O–H groups in total. The van der Waals surface area contributed by atoms with Crippen molar-refractivity contribution >= 4 is 17.7 Å². The van der Waals surface area contributed by atoms with Gasteiger partial charge in [-0.25, -0.2) is 4.79 Å². The number of fused-ring (bicyclic) bond motifs is 2. The van der Waals surface area contributed by atoms with E-state index in [1.165, 1.54) is 16.7 Å². The zero-order valence-corrected chi connectivity index (χ0v) is 16.8. The quantitative estimate of drug-likeness (QED) is 0.816. The largest absolute Gasteiger partial charge is 0.444 e. The van der Waals surface area contributed by atoms with Crippen LogP contribution >= 0.6 is 0 Å². The van der Waals surface area contributed by atoms with Crippen molar-refractivity contribution in [2.45, 2.75) is 52.1 Å². The van der Waals surface area contributed by atoms with Gasteiger partial charge in [0.2, 0.25) is 5.91 Å². The Bertz CT molecular complexity index is 724. The molecule has 2 aliphatic heterocycles. The van der Waals surface area contributed by atoms with Crippen molar-refractivity contribution in [1.82, 2.24) is 4.90 Å². The van der Waals surface area contributed by atoms with Gasteiger partial charge in [0.25, 0.3) is 0 Å². The number of aryl methyl sites for hydroxylation is 1. The fourth-order valence-electron chi connectivity index (χ4n) is 3.71. The predicted octanol–water partition coefficient (Wildman–Crippen LogP) is 2.95. The molecule has 0 fully saturated rings. The van der Waals surface area contributed by atoms with Crippen LogP contribution in [0.1, 0.15) is 43.9 Å². The lowest BCUT2D eigenvalue weighted by Gasteiger charge is -2.30. The van der Waals surface area contributed by atoms with Gasteiger partial charge in [-0.3, -0.25) is 4.79 Å². The molecule has 6 heteroatoms. The third kappa shape index (κ3) is 4.61. The molecular weight excluding hydrogens is 344 g/mol. The average Bonchev–Trinajstić information content (AvgIpc) is 2.80. The summed E-state index contributed by atoms with van der Waals surface area (Å²) in [5, 5.41) is 0. The second-order valence-corrected chi connectivity index (χ2v) is 8.26.